The maximum atomic E-state index is 14.7. The fraction of sp³-hybridized carbons (Fsp3) is 0.316. The first kappa shape index (κ1) is 35.5. The van der Waals surface area contributed by atoms with Crippen molar-refractivity contribution in [2.45, 2.75) is 75.9 Å². The molecule has 5 rings (SSSR count). The van der Waals surface area contributed by atoms with E-state index in [9.17, 15) is 18.0 Å². The zero-order chi connectivity index (χ0) is 34.3. The summed E-state index contributed by atoms with van der Waals surface area (Å²) < 4.78 is 29.6. The molecule has 1 aliphatic carbocycles. The molecule has 0 heterocycles. The summed E-state index contributed by atoms with van der Waals surface area (Å²) in [5, 5.41) is 3.90. The smallest absolute Gasteiger partial charge is 0.264 e. The Labute approximate surface area is 293 Å². The van der Waals surface area contributed by atoms with Crippen LogP contribution >= 0.6 is 23.2 Å². The van der Waals surface area contributed by atoms with E-state index < -0.39 is 28.5 Å². The Morgan fingerprint density at radius 2 is 1.38 bits per heavy atom. The Hall–Kier alpha value is -3.85. The van der Waals surface area contributed by atoms with Gasteiger partial charge in [-0.2, -0.15) is 0 Å². The molecule has 1 unspecified atom stereocenters. The van der Waals surface area contributed by atoms with Crippen molar-refractivity contribution >= 4 is 50.7 Å². The third-order valence-corrected chi connectivity index (χ3v) is 11.3. The van der Waals surface area contributed by atoms with E-state index in [4.69, 9.17) is 23.2 Å². The SMILES string of the molecule is Cc1ccc(N(CC(=O)N(Cc2c(Cl)cccc2Cl)C(Cc2ccccc2)C(=O)NC2CCCCC2)S(=O)(=O)c2ccc(C)cc2)cc1. The van der Waals surface area contributed by atoms with Crippen LogP contribution in [0.5, 0.6) is 0 Å². The zero-order valence-corrected chi connectivity index (χ0v) is 29.6. The molecular formula is C38H41Cl2N3O4S. The first-order valence-corrected chi connectivity index (χ1v) is 18.5. The fourth-order valence-electron chi connectivity index (χ4n) is 6.03. The van der Waals surface area contributed by atoms with Gasteiger partial charge >= 0.3 is 0 Å². The Morgan fingerprint density at radius 3 is 1.98 bits per heavy atom. The average molecular weight is 707 g/mol. The Bertz CT molecular complexity index is 1790. The number of hydrogen-bond acceptors (Lipinski definition) is 4. The van der Waals surface area contributed by atoms with Crippen LogP contribution in [0.25, 0.3) is 0 Å². The maximum Gasteiger partial charge on any atom is 0.264 e. The normalized spacial score (nSPS) is 14.2. The molecule has 1 fully saturated rings. The van der Waals surface area contributed by atoms with Crippen LogP contribution in [-0.4, -0.2) is 43.8 Å². The highest BCUT2D eigenvalue weighted by Gasteiger charge is 2.36. The maximum absolute atomic E-state index is 14.7. The minimum atomic E-state index is -4.20. The standard InChI is InChI=1S/C38H41Cl2N3O4S/c1-27-16-20-31(21-17-27)43(48(46,47)32-22-18-28(2)19-23-32)26-37(44)42(25-33-34(39)14-9-15-35(33)40)36(24-29-10-5-3-6-11-29)38(45)41-30-12-7-4-8-13-30/h3,5-6,9-11,14-23,30,36H,4,7-8,12-13,24-26H2,1-2H3,(H,41,45). The predicted molar refractivity (Wildman–Crippen MR) is 193 cm³/mol. The summed E-state index contributed by atoms with van der Waals surface area (Å²) in [6.07, 6.45) is 5.11. The molecule has 1 atom stereocenters. The molecule has 0 radical (unpaired) electrons. The number of hydrogen-bond donors (Lipinski definition) is 1. The predicted octanol–water partition coefficient (Wildman–Crippen LogP) is 7.89. The van der Waals surface area contributed by atoms with E-state index in [-0.39, 0.29) is 29.8 Å². The summed E-state index contributed by atoms with van der Waals surface area (Å²) in [4.78, 5) is 30.5. The van der Waals surface area contributed by atoms with Crippen molar-refractivity contribution in [2.75, 3.05) is 10.8 Å². The van der Waals surface area contributed by atoms with Crippen molar-refractivity contribution in [3.05, 3.63) is 129 Å². The fourth-order valence-corrected chi connectivity index (χ4v) is 7.96. The molecule has 0 spiro atoms. The van der Waals surface area contributed by atoms with Gasteiger partial charge in [-0.05, 0) is 68.7 Å². The van der Waals surface area contributed by atoms with Crippen molar-refractivity contribution in [3.63, 3.8) is 0 Å². The lowest BCUT2D eigenvalue weighted by Gasteiger charge is -2.35. The summed E-state index contributed by atoms with van der Waals surface area (Å²) in [6.45, 7) is 3.13. The van der Waals surface area contributed by atoms with Gasteiger partial charge in [-0.3, -0.25) is 13.9 Å². The molecule has 48 heavy (non-hydrogen) atoms. The van der Waals surface area contributed by atoms with Crippen LogP contribution in [0.4, 0.5) is 5.69 Å². The van der Waals surface area contributed by atoms with E-state index in [1.54, 1.807) is 54.6 Å². The highest BCUT2D eigenvalue weighted by molar-refractivity contribution is 7.92. The number of halogens is 2. The highest BCUT2D eigenvalue weighted by Crippen LogP contribution is 2.29. The van der Waals surface area contributed by atoms with Crippen molar-refractivity contribution in [1.29, 1.82) is 0 Å². The second kappa shape index (κ2) is 16.0. The van der Waals surface area contributed by atoms with Gasteiger partial charge in [0.1, 0.15) is 12.6 Å². The number of benzene rings is 4. The van der Waals surface area contributed by atoms with E-state index in [2.05, 4.69) is 5.32 Å². The van der Waals surface area contributed by atoms with Crippen LogP contribution in [0.3, 0.4) is 0 Å². The minimum absolute atomic E-state index is 0.00338. The number of amides is 2. The van der Waals surface area contributed by atoms with E-state index in [0.717, 1.165) is 53.1 Å². The van der Waals surface area contributed by atoms with E-state index in [0.29, 0.717) is 21.3 Å². The molecule has 1 N–H and O–H groups in total. The van der Waals surface area contributed by atoms with Crippen LogP contribution in [-0.2, 0) is 32.6 Å². The largest absolute Gasteiger partial charge is 0.352 e. The average Bonchev–Trinajstić information content (AvgIpc) is 3.08. The molecule has 10 heteroatoms. The minimum Gasteiger partial charge on any atom is -0.352 e. The van der Waals surface area contributed by atoms with Crippen LogP contribution in [0.15, 0.2) is 102 Å². The first-order chi connectivity index (χ1) is 23.0. The number of anilines is 1. The number of aryl methyl sites for hydroxylation is 2. The Kier molecular flexibility index (Phi) is 11.8. The number of carbonyl (C=O) groups excluding carboxylic acids is 2. The summed E-state index contributed by atoms with van der Waals surface area (Å²) in [7, 11) is -4.20. The molecule has 252 valence electrons. The highest BCUT2D eigenvalue weighted by atomic mass is 35.5. The van der Waals surface area contributed by atoms with Crippen molar-refractivity contribution in [3.8, 4) is 0 Å². The van der Waals surface area contributed by atoms with Gasteiger partial charge in [-0.1, -0.05) is 114 Å². The quantitative estimate of drug-likeness (QED) is 0.162. The first-order valence-electron chi connectivity index (χ1n) is 16.3. The van der Waals surface area contributed by atoms with Crippen LogP contribution in [0.1, 0.15) is 54.4 Å². The Morgan fingerprint density at radius 1 is 0.792 bits per heavy atom. The second-order valence-electron chi connectivity index (χ2n) is 12.4. The van der Waals surface area contributed by atoms with Crippen LogP contribution < -0.4 is 9.62 Å². The van der Waals surface area contributed by atoms with Gasteiger partial charge in [0.15, 0.2) is 0 Å². The molecule has 0 aliphatic heterocycles. The number of carbonyl (C=O) groups is 2. The summed E-state index contributed by atoms with van der Waals surface area (Å²) in [5.41, 5.74) is 3.50. The van der Waals surface area contributed by atoms with Gasteiger partial charge in [-0.25, -0.2) is 8.42 Å². The monoisotopic (exact) mass is 705 g/mol. The van der Waals surface area contributed by atoms with Crippen molar-refractivity contribution in [1.82, 2.24) is 10.2 Å². The van der Waals surface area contributed by atoms with Gasteiger partial charge in [0.05, 0.1) is 10.6 Å². The van der Waals surface area contributed by atoms with Crippen molar-refractivity contribution in [2.24, 2.45) is 0 Å². The lowest BCUT2D eigenvalue weighted by Crippen LogP contribution is -2.55. The second-order valence-corrected chi connectivity index (χ2v) is 15.1. The summed E-state index contributed by atoms with van der Waals surface area (Å²) >= 11 is 13.3. The van der Waals surface area contributed by atoms with Crippen LogP contribution in [0, 0.1) is 13.8 Å². The molecule has 2 amide bonds. The molecule has 0 saturated heterocycles. The van der Waals surface area contributed by atoms with Gasteiger partial charge in [0.2, 0.25) is 11.8 Å². The molecule has 1 aliphatic rings. The third-order valence-electron chi connectivity index (χ3n) is 8.82. The van der Waals surface area contributed by atoms with Gasteiger partial charge in [-0.15, -0.1) is 0 Å². The lowest BCUT2D eigenvalue weighted by molar-refractivity contribution is -0.140. The molecular weight excluding hydrogens is 665 g/mol. The van der Waals surface area contributed by atoms with Crippen molar-refractivity contribution < 1.29 is 18.0 Å². The Balaban J connectivity index is 1.59. The van der Waals surface area contributed by atoms with Gasteiger partial charge < -0.3 is 10.2 Å². The lowest BCUT2D eigenvalue weighted by atomic mass is 9.94. The number of nitrogens with zero attached hydrogens (tertiary/aromatic N) is 2. The van der Waals surface area contributed by atoms with Crippen LogP contribution in [0.2, 0.25) is 10.0 Å². The number of rotatable bonds is 12. The molecule has 0 bridgehead atoms. The molecule has 0 aromatic heterocycles. The topological polar surface area (TPSA) is 86.8 Å². The summed E-state index contributed by atoms with van der Waals surface area (Å²) in [5.74, 6) is -0.868. The molecule has 4 aromatic rings. The number of sulfonamides is 1. The molecule has 1 saturated carbocycles. The zero-order valence-electron chi connectivity index (χ0n) is 27.2. The van der Waals surface area contributed by atoms with Gasteiger partial charge in [0, 0.05) is 34.6 Å². The third kappa shape index (κ3) is 8.78. The molecule has 4 aromatic carbocycles. The van der Waals surface area contributed by atoms with E-state index in [1.807, 2.05) is 44.2 Å². The van der Waals surface area contributed by atoms with Gasteiger partial charge in [0.25, 0.3) is 10.0 Å². The number of nitrogens with one attached hydrogen (secondary N) is 1. The molecule has 7 nitrogen and oxygen atoms in total. The van der Waals surface area contributed by atoms with E-state index in [1.165, 1.54) is 17.0 Å². The summed E-state index contributed by atoms with van der Waals surface area (Å²) in [6, 6.07) is 27.1. The van der Waals surface area contributed by atoms with E-state index >= 15 is 0 Å².